The van der Waals surface area contributed by atoms with Crippen molar-refractivity contribution in [3.8, 4) is 11.1 Å². The molecule has 4 nitrogen and oxygen atoms in total. The number of pyridine rings is 1. The molecular weight excluding hydrogens is 296 g/mol. The van der Waals surface area contributed by atoms with E-state index in [-0.39, 0.29) is 0 Å². The SMILES string of the molecule is Cn1/c(=N/S(C)(=O)=O)cc(-c2ccccc2)c2ccccc21. The van der Waals surface area contributed by atoms with E-state index in [1.54, 1.807) is 4.57 Å². The van der Waals surface area contributed by atoms with Crippen LogP contribution in [0, 0.1) is 0 Å². The summed E-state index contributed by atoms with van der Waals surface area (Å²) in [5.74, 6) is 0. The molecule has 0 atom stereocenters. The maximum atomic E-state index is 11.6. The first kappa shape index (κ1) is 14.5. The minimum atomic E-state index is -3.46. The molecule has 0 unspecified atom stereocenters. The first-order chi connectivity index (χ1) is 10.5. The lowest BCUT2D eigenvalue weighted by molar-refractivity contribution is 0.601. The fraction of sp³-hybridized carbons (Fsp3) is 0.118. The molecule has 0 N–H and O–H groups in total. The molecule has 0 saturated heterocycles. The average Bonchev–Trinajstić information content (AvgIpc) is 2.50. The molecule has 5 heteroatoms. The minimum Gasteiger partial charge on any atom is -0.328 e. The number of fused-ring (bicyclic) bond motifs is 1. The van der Waals surface area contributed by atoms with Crippen LogP contribution in [0.2, 0.25) is 0 Å². The molecule has 3 aromatic rings. The van der Waals surface area contributed by atoms with E-state index in [9.17, 15) is 8.42 Å². The Hall–Kier alpha value is -2.40. The third-order valence-corrected chi connectivity index (χ3v) is 4.04. The third-order valence-electron chi connectivity index (χ3n) is 3.52. The van der Waals surface area contributed by atoms with Crippen LogP contribution in [0.1, 0.15) is 0 Å². The Morgan fingerprint density at radius 2 is 1.59 bits per heavy atom. The molecule has 0 spiro atoms. The number of rotatable bonds is 2. The predicted octanol–water partition coefficient (Wildman–Crippen LogP) is 2.71. The number of aryl methyl sites for hydroxylation is 1. The molecule has 3 rings (SSSR count). The first-order valence-electron chi connectivity index (χ1n) is 6.86. The van der Waals surface area contributed by atoms with E-state index < -0.39 is 10.0 Å². The van der Waals surface area contributed by atoms with E-state index in [0.717, 1.165) is 28.3 Å². The number of hydrogen-bond donors (Lipinski definition) is 0. The molecular formula is C17H16N2O2S. The summed E-state index contributed by atoms with van der Waals surface area (Å²) in [6.07, 6.45) is 1.10. The first-order valence-corrected chi connectivity index (χ1v) is 8.71. The molecule has 0 saturated carbocycles. The van der Waals surface area contributed by atoms with Crippen molar-refractivity contribution in [2.75, 3.05) is 6.26 Å². The minimum absolute atomic E-state index is 0.417. The summed E-state index contributed by atoms with van der Waals surface area (Å²) >= 11 is 0. The molecule has 0 aliphatic heterocycles. The second-order valence-electron chi connectivity index (χ2n) is 5.18. The summed E-state index contributed by atoms with van der Waals surface area (Å²) in [5, 5.41) is 1.06. The number of benzene rings is 2. The van der Waals surface area contributed by atoms with Crippen molar-refractivity contribution in [2.45, 2.75) is 0 Å². The molecule has 2 aromatic carbocycles. The molecule has 0 amide bonds. The molecule has 1 aromatic heterocycles. The summed E-state index contributed by atoms with van der Waals surface area (Å²) in [5.41, 5.74) is 3.35. The van der Waals surface area contributed by atoms with Gasteiger partial charge in [0.15, 0.2) is 0 Å². The maximum Gasteiger partial charge on any atom is 0.252 e. The van der Waals surface area contributed by atoms with Crippen LogP contribution < -0.4 is 5.49 Å². The van der Waals surface area contributed by atoms with E-state index in [4.69, 9.17) is 0 Å². The zero-order valence-corrected chi connectivity index (χ0v) is 13.2. The van der Waals surface area contributed by atoms with Crippen LogP contribution in [0.15, 0.2) is 65.1 Å². The van der Waals surface area contributed by atoms with Crippen LogP contribution in [-0.4, -0.2) is 19.2 Å². The van der Waals surface area contributed by atoms with Gasteiger partial charge < -0.3 is 4.57 Å². The second-order valence-corrected chi connectivity index (χ2v) is 6.83. The highest BCUT2D eigenvalue weighted by atomic mass is 32.2. The lowest BCUT2D eigenvalue weighted by atomic mass is 10.0. The van der Waals surface area contributed by atoms with Crippen molar-refractivity contribution in [1.82, 2.24) is 4.57 Å². The fourth-order valence-electron chi connectivity index (χ4n) is 2.53. The Morgan fingerprint density at radius 1 is 0.955 bits per heavy atom. The molecule has 0 aliphatic rings. The summed E-state index contributed by atoms with van der Waals surface area (Å²) in [4.78, 5) is 0. The molecule has 0 aliphatic carbocycles. The second kappa shape index (κ2) is 5.42. The Morgan fingerprint density at radius 3 is 2.27 bits per heavy atom. The zero-order chi connectivity index (χ0) is 15.7. The van der Waals surface area contributed by atoms with Crippen molar-refractivity contribution in [1.29, 1.82) is 0 Å². The molecule has 0 bridgehead atoms. The van der Waals surface area contributed by atoms with Crippen molar-refractivity contribution in [3.63, 3.8) is 0 Å². The monoisotopic (exact) mass is 312 g/mol. The molecule has 1 heterocycles. The van der Waals surface area contributed by atoms with E-state index in [1.165, 1.54) is 0 Å². The van der Waals surface area contributed by atoms with Crippen molar-refractivity contribution >= 4 is 20.9 Å². The quantitative estimate of drug-likeness (QED) is 0.730. The molecule has 0 radical (unpaired) electrons. The van der Waals surface area contributed by atoms with Gasteiger partial charge in [-0.25, -0.2) is 8.42 Å². The smallest absolute Gasteiger partial charge is 0.252 e. The summed E-state index contributed by atoms with van der Waals surface area (Å²) in [6.45, 7) is 0. The highest BCUT2D eigenvalue weighted by molar-refractivity contribution is 7.89. The normalized spacial score (nSPS) is 12.7. The van der Waals surface area contributed by atoms with E-state index in [0.29, 0.717) is 5.49 Å². The van der Waals surface area contributed by atoms with Gasteiger partial charge in [-0.2, -0.15) is 0 Å². The number of hydrogen-bond acceptors (Lipinski definition) is 2. The number of sulfonamides is 1. The number of nitrogens with zero attached hydrogens (tertiary/aromatic N) is 2. The van der Waals surface area contributed by atoms with Crippen molar-refractivity contribution in [3.05, 3.63) is 66.2 Å². The fourth-order valence-corrected chi connectivity index (χ4v) is 3.05. The third kappa shape index (κ3) is 2.80. The Bertz CT molecular complexity index is 1000. The van der Waals surface area contributed by atoms with Crippen LogP contribution in [0.3, 0.4) is 0 Å². The van der Waals surface area contributed by atoms with Crippen LogP contribution in [0.5, 0.6) is 0 Å². The van der Waals surface area contributed by atoms with Crippen LogP contribution in [0.4, 0.5) is 0 Å². The van der Waals surface area contributed by atoms with Crippen LogP contribution in [0.25, 0.3) is 22.0 Å². The standard InChI is InChI=1S/C17H16N2O2S/c1-19-16-11-7-6-10-14(16)15(13-8-4-3-5-9-13)12-17(19)18-22(2,20)21/h3-12H,1-2H3/b18-17+. The van der Waals surface area contributed by atoms with E-state index in [1.807, 2.05) is 67.7 Å². The van der Waals surface area contributed by atoms with Gasteiger partial charge in [-0.1, -0.05) is 48.5 Å². The molecule has 0 fully saturated rings. The Labute approximate surface area is 129 Å². The average molecular weight is 312 g/mol. The van der Waals surface area contributed by atoms with Crippen LogP contribution in [-0.2, 0) is 17.1 Å². The van der Waals surface area contributed by atoms with Gasteiger partial charge >= 0.3 is 0 Å². The van der Waals surface area contributed by atoms with Crippen molar-refractivity contribution in [2.24, 2.45) is 11.4 Å². The van der Waals surface area contributed by atoms with Gasteiger partial charge in [0.1, 0.15) is 5.49 Å². The van der Waals surface area contributed by atoms with Gasteiger partial charge in [0.05, 0.1) is 6.26 Å². The summed E-state index contributed by atoms with van der Waals surface area (Å²) in [7, 11) is -1.64. The topological polar surface area (TPSA) is 51.4 Å². The van der Waals surface area contributed by atoms with Gasteiger partial charge in [0.2, 0.25) is 0 Å². The van der Waals surface area contributed by atoms with Gasteiger partial charge in [-0.05, 0) is 23.3 Å². The predicted molar refractivity (Wildman–Crippen MR) is 88.8 cm³/mol. The van der Waals surface area contributed by atoms with Crippen LogP contribution >= 0.6 is 0 Å². The highest BCUT2D eigenvalue weighted by Crippen LogP contribution is 2.26. The lowest BCUT2D eigenvalue weighted by Gasteiger charge is -2.12. The summed E-state index contributed by atoms with van der Waals surface area (Å²) < 4.78 is 28.8. The largest absolute Gasteiger partial charge is 0.328 e. The van der Waals surface area contributed by atoms with Gasteiger partial charge in [0, 0.05) is 18.0 Å². The maximum absolute atomic E-state index is 11.6. The molecule has 22 heavy (non-hydrogen) atoms. The van der Waals surface area contributed by atoms with E-state index in [2.05, 4.69) is 4.40 Å². The van der Waals surface area contributed by atoms with Gasteiger partial charge in [-0.15, -0.1) is 4.40 Å². The summed E-state index contributed by atoms with van der Waals surface area (Å²) in [6, 6.07) is 19.6. The molecule has 112 valence electrons. The van der Waals surface area contributed by atoms with Gasteiger partial charge in [-0.3, -0.25) is 0 Å². The zero-order valence-electron chi connectivity index (χ0n) is 12.4. The van der Waals surface area contributed by atoms with E-state index >= 15 is 0 Å². The highest BCUT2D eigenvalue weighted by Gasteiger charge is 2.08. The van der Waals surface area contributed by atoms with Crippen molar-refractivity contribution < 1.29 is 8.42 Å². The Kier molecular flexibility index (Phi) is 3.58. The number of para-hydroxylation sites is 1. The van der Waals surface area contributed by atoms with Gasteiger partial charge in [0.25, 0.3) is 10.0 Å². The lowest BCUT2D eigenvalue weighted by Crippen LogP contribution is -2.20. The Balaban J connectivity index is 2.47. The number of aromatic nitrogens is 1.